The molecule has 3 aromatic rings. The molecule has 23 heavy (non-hydrogen) atoms. The molecule has 1 N–H and O–H groups in total. The Balaban J connectivity index is 1.65. The minimum atomic E-state index is -0.211. The molecule has 0 unspecified atom stereocenters. The van der Waals surface area contributed by atoms with Crippen molar-refractivity contribution >= 4 is 5.91 Å². The number of tetrazole rings is 1. The van der Waals surface area contributed by atoms with Gasteiger partial charge in [0.15, 0.2) is 0 Å². The van der Waals surface area contributed by atoms with Crippen LogP contribution in [0.3, 0.4) is 0 Å². The van der Waals surface area contributed by atoms with E-state index < -0.39 is 0 Å². The third-order valence-corrected chi connectivity index (χ3v) is 3.47. The molecule has 2 aromatic heterocycles. The molecule has 118 valence electrons. The highest BCUT2D eigenvalue weighted by atomic mass is 16.3. The Hall–Kier alpha value is -2.96. The van der Waals surface area contributed by atoms with Crippen molar-refractivity contribution in [2.75, 3.05) is 0 Å². The monoisotopic (exact) mass is 311 g/mol. The molecule has 2 heterocycles. The molecule has 1 aromatic carbocycles. The molecule has 7 nitrogen and oxygen atoms in total. The van der Waals surface area contributed by atoms with Gasteiger partial charge in [0.1, 0.15) is 12.3 Å². The Labute approximate surface area is 133 Å². The maximum Gasteiger partial charge on any atom is 0.244 e. The summed E-state index contributed by atoms with van der Waals surface area (Å²) in [6, 6.07) is 11.2. The quantitative estimate of drug-likeness (QED) is 0.780. The highest BCUT2D eigenvalue weighted by Gasteiger charge is 2.14. The standard InChI is InChI=1S/C16H17N5O2/c1-11-6-3-4-7-13(11)16-18-20-21(19-16)10-15(22)17-12(2)14-8-5-9-23-14/h3-9,12H,10H2,1-2H3,(H,17,22)/t12-/m1/s1. The molecule has 0 spiro atoms. The molecule has 0 saturated carbocycles. The summed E-state index contributed by atoms with van der Waals surface area (Å²) in [5.74, 6) is 1.00. The van der Waals surface area contributed by atoms with E-state index >= 15 is 0 Å². The lowest BCUT2D eigenvalue weighted by molar-refractivity contribution is -0.122. The summed E-state index contributed by atoms with van der Waals surface area (Å²) in [4.78, 5) is 13.3. The van der Waals surface area contributed by atoms with Gasteiger partial charge in [0.2, 0.25) is 11.7 Å². The molecule has 0 radical (unpaired) electrons. The Morgan fingerprint density at radius 1 is 1.30 bits per heavy atom. The van der Waals surface area contributed by atoms with E-state index in [1.807, 2.05) is 44.2 Å². The van der Waals surface area contributed by atoms with Crippen LogP contribution in [0, 0.1) is 6.92 Å². The van der Waals surface area contributed by atoms with Crippen molar-refractivity contribution in [1.82, 2.24) is 25.5 Å². The summed E-state index contributed by atoms with van der Waals surface area (Å²) in [5, 5.41) is 15.0. The lowest BCUT2D eigenvalue weighted by Crippen LogP contribution is -2.30. The molecule has 0 bridgehead atoms. The highest BCUT2D eigenvalue weighted by molar-refractivity contribution is 5.75. The average molecular weight is 311 g/mol. The largest absolute Gasteiger partial charge is 0.467 e. The van der Waals surface area contributed by atoms with Crippen molar-refractivity contribution in [1.29, 1.82) is 0 Å². The number of aryl methyl sites for hydroxylation is 1. The van der Waals surface area contributed by atoms with E-state index in [1.165, 1.54) is 4.80 Å². The predicted octanol–water partition coefficient (Wildman–Crippen LogP) is 2.12. The summed E-state index contributed by atoms with van der Waals surface area (Å²) in [5.41, 5.74) is 1.96. The first-order chi connectivity index (χ1) is 11.1. The predicted molar refractivity (Wildman–Crippen MR) is 83.3 cm³/mol. The second-order valence-electron chi connectivity index (χ2n) is 5.26. The van der Waals surface area contributed by atoms with Gasteiger partial charge in [-0.2, -0.15) is 4.80 Å². The molecular formula is C16H17N5O2. The number of rotatable bonds is 5. The minimum absolute atomic E-state index is 0.00390. The number of carbonyl (C=O) groups is 1. The first kappa shape index (κ1) is 15.0. The summed E-state index contributed by atoms with van der Waals surface area (Å²) in [6.07, 6.45) is 1.57. The number of nitrogens with zero attached hydrogens (tertiary/aromatic N) is 4. The van der Waals surface area contributed by atoms with Crippen LogP contribution in [0.25, 0.3) is 11.4 Å². The van der Waals surface area contributed by atoms with E-state index in [0.717, 1.165) is 11.1 Å². The lowest BCUT2D eigenvalue weighted by Gasteiger charge is -2.10. The fraction of sp³-hybridized carbons (Fsp3) is 0.250. The minimum Gasteiger partial charge on any atom is -0.467 e. The van der Waals surface area contributed by atoms with Crippen LogP contribution in [-0.2, 0) is 11.3 Å². The van der Waals surface area contributed by atoms with Gasteiger partial charge in [0.05, 0.1) is 12.3 Å². The smallest absolute Gasteiger partial charge is 0.244 e. The fourth-order valence-electron chi connectivity index (χ4n) is 2.27. The van der Waals surface area contributed by atoms with Crippen LogP contribution in [0.4, 0.5) is 0 Å². The molecule has 1 atom stereocenters. The Morgan fingerprint density at radius 3 is 2.87 bits per heavy atom. The average Bonchev–Trinajstić information content (AvgIpc) is 3.19. The van der Waals surface area contributed by atoms with Crippen LogP contribution < -0.4 is 5.32 Å². The maximum absolute atomic E-state index is 12.0. The normalized spacial score (nSPS) is 12.1. The van der Waals surface area contributed by atoms with E-state index in [4.69, 9.17) is 4.42 Å². The molecule has 0 fully saturated rings. The Morgan fingerprint density at radius 2 is 2.13 bits per heavy atom. The number of amides is 1. The van der Waals surface area contributed by atoms with Gasteiger partial charge < -0.3 is 9.73 Å². The van der Waals surface area contributed by atoms with Gasteiger partial charge in [-0.25, -0.2) is 0 Å². The first-order valence-corrected chi connectivity index (χ1v) is 7.30. The van der Waals surface area contributed by atoms with E-state index in [0.29, 0.717) is 11.6 Å². The summed E-state index contributed by atoms with van der Waals surface area (Å²) in [6.45, 7) is 3.84. The topological polar surface area (TPSA) is 85.8 Å². The van der Waals surface area contributed by atoms with Gasteiger partial charge in [0.25, 0.3) is 0 Å². The van der Waals surface area contributed by atoms with Crippen LogP contribution in [0.15, 0.2) is 47.1 Å². The van der Waals surface area contributed by atoms with Crippen molar-refractivity contribution in [2.45, 2.75) is 26.4 Å². The number of benzene rings is 1. The number of carbonyl (C=O) groups excluding carboxylic acids is 1. The van der Waals surface area contributed by atoms with Crippen LogP contribution >= 0.6 is 0 Å². The van der Waals surface area contributed by atoms with Crippen molar-refractivity contribution in [3.8, 4) is 11.4 Å². The van der Waals surface area contributed by atoms with Crippen molar-refractivity contribution < 1.29 is 9.21 Å². The fourth-order valence-corrected chi connectivity index (χ4v) is 2.27. The Kier molecular flexibility index (Phi) is 4.18. The van der Waals surface area contributed by atoms with Gasteiger partial charge in [-0.3, -0.25) is 4.79 Å². The van der Waals surface area contributed by atoms with Crippen LogP contribution in [0.1, 0.15) is 24.3 Å². The molecule has 0 aliphatic carbocycles. The van der Waals surface area contributed by atoms with Gasteiger partial charge in [-0.05, 0) is 36.8 Å². The zero-order valence-corrected chi connectivity index (χ0v) is 12.9. The van der Waals surface area contributed by atoms with E-state index in [-0.39, 0.29) is 18.5 Å². The van der Waals surface area contributed by atoms with E-state index in [1.54, 1.807) is 12.3 Å². The second-order valence-corrected chi connectivity index (χ2v) is 5.26. The number of aromatic nitrogens is 4. The third-order valence-electron chi connectivity index (χ3n) is 3.47. The molecular weight excluding hydrogens is 294 g/mol. The van der Waals surface area contributed by atoms with Crippen molar-refractivity contribution in [2.24, 2.45) is 0 Å². The Bertz CT molecular complexity index is 794. The van der Waals surface area contributed by atoms with Crippen molar-refractivity contribution in [3.05, 3.63) is 54.0 Å². The molecule has 3 rings (SSSR count). The van der Waals surface area contributed by atoms with E-state index in [9.17, 15) is 4.79 Å². The molecule has 1 amide bonds. The highest BCUT2D eigenvalue weighted by Crippen LogP contribution is 2.17. The van der Waals surface area contributed by atoms with Crippen molar-refractivity contribution in [3.63, 3.8) is 0 Å². The molecule has 0 saturated heterocycles. The van der Waals surface area contributed by atoms with Gasteiger partial charge in [0, 0.05) is 5.56 Å². The first-order valence-electron chi connectivity index (χ1n) is 7.30. The zero-order chi connectivity index (χ0) is 16.2. The number of furan rings is 1. The van der Waals surface area contributed by atoms with Crippen LogP contribution in [-0.4, -0.2) is 26.1 Å². The SMILES string of the molecule is Cc1ccccc1-c1nnn(CC(=O)N[C@H](C)c2ccco2)n1. The van der Waals surface area contributed by atoms with Crippen LogP contribution in [0.5, 0.6) is 0 Å². The van der Waals surface area contributed by atoms with Gasteiger partial charge in [-0.15, -0.1) is 10.2 Å². The van der Waals surface area contributed by atoms with Gasteiger partial charge in [-0.1, -0.05) is 24.3 Å². The molecule has 0 aliphatic rings. The molecule has 0 aliphatic heterocycles. The maximum atomic E-state index is 12.0. The third kappa shape index (κ3) is 3.45. The van der Waals surface area contributed by atoms with E-state index in [2.05, 4.69) is 20.7 Å². The van der Waals surface area contributed by atoms with Gasteiger partial charge >= 0.3 is 0 Å². The second kappa shape index (κ2) is 6.43. The number of nitrogens with one attached hydrogen (secondary N) is 1. The summed E-state index contributed by atoms with van der Waals surface area (Å²) < 4.78 is 5.26. The van der Waals surface area contributed by atoms with Crippen LogP contribution in [0.2, 0.25) is 0 Å². The number of hydrogen-bond donors (Lipinski definition) is 1. The lowest BCUT2D eigenvalue weighted by atomic mass is 10.1. The summed E-state index contributed by atoms with van der Waals surface area (Å²) in [7, 11) is 0. The molecule has 7 heteroatoms. The number of hydrogen-bond acceptors (Lipinski definition) is 5. The summed E-state index contributed by atoms with van der Waals surface area (Å²) >= 11 is 0. The zero-order valence-electron chi connectivity index (χ0n) is 12.9.